The highest BCUT2D eigenvalue weighted by Gasteiger charge is 2.12. The minimum atomic E-state index is 0.818. The van der Waals surface area contributed by atoms with Crippen LogP contribution in [0.2, 0.25) is 0 Å². The fraction of sp³-hybridized carbons (Fsp3) is 0.571. The van der Waals surface area contributed by atoms with Gasteiger partial charge in [-0.1, -0.05) is 31.0 Å². The number of fused-ring (bicyclic) bond motifs is 1. The van der Waals surface area contributed by atoms with Gasteiger partial charge < -0.3 is 0 Å². The van der Waals surface area contributed by atoms with E-state index in [1.54, 1.807) is 11.1 Å². The van der Waals surface area contributed by atoms with E-state index in [1.165, 1.54) is 50.5 Å². The van der Waals surface area contributed by atoms with Gasteiger partial charge in [0.2, 0.25) is 0 Å². The highest BCUT2D eigenvalue weighted by atomic mass is 35.5. The Labute approximate surface area is 97.6 Å². The van der Waals surface area contributed by atoms with Crippen LogP contribution in [0.25, 0.3) is 0 Å². The van der Waals surface area contributed by atoms with Crippen LogP contribution in [0, 0.1) is 0 Å². The number of halogens is 1. The molecule has 0 fully saturated rings. The summed E-state index contributed by atoms with van der Waals surface area (Å²) in [5.41, 5.74) is 4.69. The normalized spacial score (nSPS) is 13.4. The molecule has 15 heavy (non-hydrogen) atoms. The van der Waals surface area contributed by atoms with Crippen LogP contribution in [0.4, 0.5) is 0 Å². The predicted molar refractivity (Wildman–Crippen MR) is 66.7 cm³/mol. The van der Waals surface area contributed by atoms with Crippen LogP contribution in [0.3, 0.4) is 0 Å². The van der Waals surface area contributed by atoms with Crippen LogP contribution in [0.1, 0.15) is 42.4 Å². The average Bonchev–Trinajstić information content (AvgIpc) is 2.21. The van der Waals surface area contributed by atoms with E-state index in [4.69, 9.17) is 11.6 Å². The first-order valence-corrected chi connectivity index (χ1v) is 6.60. The molecule has 0 unspecified atom stereocenters. The van der Waals surface area contributed by atoms with Crippen LogP contribution in [-0.4, -0.2) is 5.88 Å². The summed E-state index contributed by atoms with van der Waals surface area (Å²) in [7, 11) is 0. The molecule has 0 atom stereocenters. The summed E-state index contributed by atoms with van der Waals surface area (Å²) >= 11 is 5.64. The number of hydrogen-bond donors (Lipinski definition) is 0. The number of aryl methyl sites for hydroxylation is 3. The highest BCUT2D eigenvalue weighted by Crippen LogP contribution is 2.24. The van der Waals surface area contributed by atoms with Gasteiger partial charge in [0.25, 0.3) is 0 Å². The Balaban J connectivity index is 1.72. The average molecular weight is 223 g/mol. The Bertz CT molecular complexity index is 317. The third-order valence-corrected chi connectivity index (χ3v) is 3.55. The molecule has 1 aromatic carbocycles. The van der Waals surface area contributed by atoms with Crippen molar-refractivity contribution in [2.24, 2.45) is 0 Å². The largest absolute Gasteiger partial charge is 0.127 e. The van der Waals surface area contributed by atoms with Gasteiger partial charge in [0.05, 0.1) is 0 Å². The van der Waals surface area contributed by atoms with Gasteiger partial charge in [-0.3, -0.25) is 0 Å². The van der Waals surface area contributed by atoms with Crippen LogP contribution in [-0.2, 0) is 19.3 Å². The lowest BCUT2D eigenvalue weighted by Gasteiger charge is -2.19. The van der Waals surface area contributed by atoms with Gasteiger partial charge in [-0.15, -0.1) is 11.6 Å². The Hall–Kier alpha value is -0.490. The highest BCUT2D eigenvalue weighted by molar-refractivity contribution is 6.17. The molecule has 1 aliphatic carbocycles. The van der Waals surface area contributed by atoms with Crippen molar-refractivity contribution in [1.29, 1.82) is 0 Å². The first-order valence-electron chi connectivity index (χ1n) is 6.07. The van der Waals surface area contributed by atoms with E-state index in [9.17, 15) is 0 Å². The summed E-state index contributed by atoms with van der Waals surface area (Å²) < 4.78 is 0. The second-order valence-electron chi connectivity index (χ2n) is 4.46. The van der Waals surface area contributed by atoms with Crippen LogP contribution >= 0.6 is 11.6 Å². The quantitative estimate of drug-likeness (QED) is 0.502. The SMILES string of the molecule is ClCCCCCCc1ccc2c(c1)CC2. The van der Waals surface area contributed by atoms with E-state index < -0.39 is 0 Å². The van der Waals surface area contributed by atoms with Gasteiger partial charge in [0.1, 0.15) is 0 Å². The second-order valence-corrected chi connectivity index (χ2v) is 4.83. The molecule has 0 spiro atoms. The Morgan fingerprint density at radius 3 is 2.40 bits per heavy atom. The zero-order valence-electron chi connectivity index (χ0n) is 9.27. The maximum atomic E-state index is 5.64. The summed E-state index contributed by atoms with van der Waals surface area (Å²) in [6.45, 7) is 0. The van der Waals surface area contributed by atoms with Crippen molar-refractivity contribution in [2.45, 2.75) is 44.9 Å². The molecule has 0 aromatic heterocycles. The summed E-state index contributed by atoms with van der Waals surface area (Å²) in [6.07, 6.45) is 8.94. The summed E-state index contributed by atoms with van der Waals surface area (Å²) in [5, 5.41) is 0. The third kappa shape index (κ3) is 2.98. The third-order valence-electron chi connectivity index (χ3n) is 3.28. The van der Waals surface area contributed by atoms with Gasteiger partial charge >= 0.3 is 0 Å². The number of rotatable bonds is 6. The molecule has 1 heteroatoms. The first-order chi connectivity index (χ1) is 7.40. The first kappa shape index (κ1) is 11.0. The Morgan fingerprint density at radius 1 is 0.933 bits per heavy atom. The van der Waals surface area contributed by atoms with Crippen molar-refractivity contribution in [3.8, 4) is 0 Å². The van der Waals surface area contributed by atoms with Crippen molar-refractivity contribution in [1.82, 2.24) is 0 Å². The lowest BCUT2D eigenvalue weighted by molar-refractivity contribution is 0.667. The summed E-state index contributed by atoms with van der Waals surface area (Å²) in [4.78, 5) is 0. The van der Waals surface area contributed by atoms with E-state index in [1.807, 2.05) is 0 Å². The number of unbranched alkanes of at least 4 members (excludes halogenated alkanes) is 3. The number of hydrogen-bond acceptors (Lipinski definition) is 0. The molecule has 0 N–H and O–H groups in total. The molecular weight excluding hydrogens is 204 g/mol. The molecule has 2 rings (SSSR count). The van der Waals surface area contributed by atoms with Crippen LogP contribution in [0.15, 0.2) is 18.2 Å². The van der Waals surface area contributed by atoms with Crippen LogP contribution in [0.5, 0.6) is 0 Å². The molecule has 1 aliphatic rings. The monoisotopic (exact) mass is 222 g/mol. The Kier molecular flexibility index (Phi) is 4.08. The van der Waals surface area contributed by atoms with Crippen molar-refractivity contribution in [3.05, 3.63) is 34.9 Å². The van der Waals surface area contributed by atoms with Crippen molar-refractivity contribution >= 4 is 11.6 Å². The van der Waals surface area contributed by atoms with E-state index in [-0.39, 0.29) is 0 Å². The smallest absolute Gasteiger partial charge is 0.0223 e. The number of benzene rings is 1. The van der Waals surface area contributed by atoms with Crippen molar-refractivity contribution < 1.29 is 0 Å². The zero-order valence-corrected chi connectivity index (χ0v) is 10.0. The van der Waals surface area contributed by atoms with E-state index >= 15 is 0 Å². The minimum absolute atomic E-state index is 0.818. The van der Waals surface area contributed by atoms with E-state index in [2.05, 4.69) is 18.2 Å². The van der Waals surface area contributed by atoms with Gasteiger partial charge in [0.15, 0.2) is 0 Å². The summed E-state index contributed by atoms with van der Waals surface area (Å²) in [6, 6.07) is 7.02. The van der Waals surface area contributed by atoms with Crippen molar-refractivity contribution in [2.75, 3.05) is 5.88 Å². The topological polar surface area (TPSA) is 0 Å². The molecule has 0 saturated carbocycles. The van der Waals surface area contributed by atoms with E-state index in [0.717, 1.165) is 5.88 Å². The molecular formula is C14H19Cl. The molecule has 0 bridgehead atoms. The van der Waals surface area contributed by atoms with Crippen molar-refractivity contribution in [3.63, 3.8) is 0 Å². The molecule has 1 aromatic rings. The van der Waals surface area contributed by atoms with E-state index in [0.29, 0.717) is 0 Å². The fourth-order valence-corrected chi connectivity index (χ4v) is 2.37. The standard InChI is InChI=1S/C14H19Cl/c15-10-4-2-1-3-5-12-6-7-13-8-9-14(13)11-12/h6-7,11H,1-5,8-10H2. The maximum Gasteiger partial charge on any atom is 0.0223 e. The summed E-state index contributed by atoms with van der Waals surface area (Å²) in [5.74, 6) is 0.818. The molecule has 0 aliphatic heterocycles. The van der Waals surface area contributed by atoms with Crippen LogP contribution < -0.4 is 0 Å². The lowest BCUT2D eigenvalue weighted by Crippen LogP contribution is -2.08. The maximum absolute atomic E-state index is 5.64. The molecule has 0 heterocycles. The Morgan fingerprint density at radius 2 is 1.73 bits per heavy atom. The predicted octanol–water partition coefficient (Wildman–Crippen LogP) is 4.13. The van der Waals surface area contributed by atoms with Gasteiger partial charge in [-0.2, -0.15) is 0 Å². The zero-order chi connectivity index (χ0) is 10.5. The van der Waals surface area contributed by atoms with Gasteiger partial charge in [-0.25, -0.2) is 0 Å². The molecule has 82 valence electrons. The minimum Gasteiger partial charge on any atom is -0.127 e. The van der Waals surface area contributed by atoms with Gasteiger partial charge in [0, 0.05) is 5.88 Å². The molecule has 0 amide bonds. The molecule has 0 nitrogen and oxygen atoms in total. The lowest BCUT2D eigenvalue weighted by atomic mass is 9.86. The van der Waals surface area contributed by atoms with Gasteiger partial charge in [-0.05, 0) is 48.8 Å². The molecule has 0 radical (unpaired) electrons. The number of alkyl halides is 1. The second kappa shape index (κ2) is 5.55. The fourth-order valence-electron chi connectivity index (χ4n) is 2.18. The molecule has 0 saturated heterocycles.